The average Bonchev–Trinajstić information content (AvgIpc) is 2.48. The van der Waals surface area contributed by atoms with E-state index in [-0.39, 0.29) is 11.5 Å². The highest BCUT2D eigenvalue weighted by atomic mass is 19.3. The van der Waals surface area contributed by atoms with Gasteiger partial charge in [0, 0.05) is 11.8 Å². The van der Waals surface area contributed by atoms with Gasteiger partial charge in [-0.05, 0) is 36.4 Å². The van der Waals surface area contributed by atoms with Crippen LogP contribution in [0.4, 0.5) is 23.2 Å². The Kier molecular flexibility index (Phi) is 5.40. The molecule has 0 atom stereocenters. The van der Waals surface area contributed by atoms with Crippen molar-refractivity contribution in [1.82, 2.24) is 0 Å². The van der Waals surface area contributed by atoms with Crippen LogP contribution >= 0.6 is 0 Å². The number of amides is 1. The molecule has 8 heteroatoms. The molecule has 0 radical (unpaired) electrons. The zero-order chi connectivity index (χ0) is 16.8. The molecule has 0 aliphatic rings. The number of ether oxygens (including phenoxy) is 2. The van der Waals surface area contributed by atoms with Crippen molar-refractivity contribution in [3.8, 4) is 11.5 Å². The van der Waals surface area contributed by atoms with Crippen LogP contribution in [0.5, 0.6) is 11.5 Å². The van der Waals surface area contributed by atoms with Gasteiger partial charge in [0.05, 0.1) is 0 Å². The summed E-state index contributed by atoms with van der Waals surface area (Å²) in [6.07, 6.45) is 0. The SMILES string of the molecule is O=C(COc1ccc(F)cc1F)Nc1ccc(OC(F)F)cc1. The lowest BCUT2D eigenvalue weighted by molar-refractivity contribution is -0.118. The first-order valence-corrected chi connectivity index (χ1v) is 6.36. The summed E-state index contributed by atoms with van der Waals surface area (Å²) in [6, 6.07) is 7.91. The molecule has 0 saturated heterocycles. The van der Waals surface area contributed by atoms with E-state index < -0.39 is 30.8 Å². The maximum absolute atomic E-state index is 13.3. The van der Waals surface area contributed by atoms with Gasteiger partial charge in [0.25, 0.3) is 5.91 Å². The average molecular weight is 329 g/mol. The lowest BCUT2D eigenvalue weighted by Crippen LogP contribution is -2.20. The maximum Gasteiger partial charge on any atom is 0.387 e. The van der Waals surface area contributed by atoms with Crippen LogP contribution in [0.1, 0.15) is 0 Å². The predicted molar refractivity (Wildman–Crippen MR) is 73.6 cm³/mol. The van der Waals surface area contributed by atoms with E-state index in [0.717, 1.165) is 12.1 Å². The fraction of sp³-hybridized carbons (Fsp3) is 0.133. The van der Waals surface area contributed by atoms with E-state index >= 15 is 0 Å². The third-order valence-electron chi connectivity index (χ3n) is 2.62. The Morgan fingerprint density at radius 3 is 2.39 bits per heavy atom. The Bertz CT molecular complexity index is 677. The Balaban J connectivity index is 1.87. The normalized spacial score (nSPS) is 10.5. The fourth-order valence-corrected chi connectivity index (χ4v) is 1.65. The molecule has 1 amide bonds. The van der Waals surface area contributed by atoms with Crippen LogP contribution in [0.25, 0.3) is 0 Å². The number of halogens is 4. The number of carbonyl (C=O) groups excluding carboxylic acids is 1. The van der Waals surface area contributed by atoms with Gasteiger partial charge in [-0.25, -0.2) is 8.78 Å². The van der Waals surface area contributed by atoms with E-state index in [4.69, 9.17) is 4.74 Å². The molecule has 0 heterocycles. The topological polar surface area (TPSA) is 47.6 Å². The molecule has 2 rings (SSSR count). The fourth-order valence-electron chi connectivity index (χ4n) is 1.65. The number of rotatable bonds is 6. The Labute approximate surface area is 128 Å². The number of hydrogen-bond acceptors (Lipinski definition) is 3. The zero-order valence-electron chi connectivity index (χ0n) is 11.6. The van der Waals surface area contributed by atoms with Crippen LogP contribution in [-0.2, 0) is 4.79 Å². The van der Waals surface area contributed by atoms with Crippen molar-refractivity contribution >= 4 is 11.6 Å². The van der Waals surface area contributed by atoms with E-state index in [1.165, 1.54) is 24.3 Å². The molecule has 0 aromatic heterocycles. The molecule has 0 saturated carbocycles. The van der Waals surface area contributed by atoms with Gasteiger partial charge in [-0.2, -0.15) is 8.78 Å². The molecule has 2 aromatic rings. The van der Waals surface area contributed by atoms with Gasteiger partial charge in [-0.1, -0.05) is 0 Å². The molecular weight excluding hydrogens is 318 g/mol. The van der Waals surface area contributed by atoms with Gasteiger partial charge in [0.15, 0.2) is 18.2 Å². The summed E-state index contributed by atoms with van der Waals surface area (Å²) in [4.78, 5) is 11.6. The lowest BCUT2D eigenvalue weighted by atomic mass is 10.3. The van der Waals surface area contributed by atoms with Crippen LogP contribution in [-0.4, -0.2) is 19.1 Å². The van der Waals surface area contributed by atoms with Gasteiger partial charge >= 0.3 is 6.61 Å². The molecule has 0 unspecified atom stereocenters. The Hall–Kier alpha value is -2.77. The third kappa shape index (κ3) is 5.17. The van der Waals surface area contributed by atoms with E-state index in [1.807, 2.05) is 0 Å². The Morgan fingerprint density at radius 1 is 1.09 bits per heavy atom. The van der Waals surface area contributed by atoms with Crippen LogP contribution in [0.2, 0.25) is 0 Å². The monoisotopic (exact) mass is 329 g/mol. The quantitative estimate of drug-likeness (QED) is 0.824. The van der Waals surface area contributed by atoms with Crippen molar-refractivity contribution in [2.45, 2.75) is 6.61 Å². The highest BCUT2D eigenvalue weighted by Crippen LogP contribution is 2.19. The second-order valence-corrected chi connectivity index (χ2v) is 4.31. The van der Waals surface area contributed by atoms with E-state index in [0.29, 0.717) is 11.8 Å². The molecule has 0 fully saturated rings. The molecule has 1 N–H and O–H groups in total. The third-order valence-corrected chi connectivity index (χ3v) is 2.62. The van der Waals surface area contributed by atoms with Crippen molar-refractivity contribution in [2.75, 3.05) is 11.9 Å². The second kappa shape index (κ2) is 7.48. The van der Waals surface area contributed by atoms with E-state index in [1.54, 1.807) is 0 Å². The van der Waals surface area contributed by atoms with Gasteiger partial charge in [0.1, 0.15) is 11.6 Å². The number of nitrogens with one attached hydrogen (secondary N) is 1. The minimum Gasteiger partial charge on any atom is -0.481 e. The van der Waals surface area contributed by atoms with Crippen LogP contribution in [0.15, 0.2) is 42.5 Å². The van der Waals surface area contributed by atoms with Crippen LogP contribution in [0.3, 0.4) is 0 Å². The highest BCUT2D eigenvalue weighted by molar-refractivity contribution is 5.91. The Morgan fingerprint density at radius 2 is 1.78 bits per heavy atom. The molecule has 0 bridgehead atoms. The molecule has 122 valence electrons. The summed E-state index contributed by atoms with van der Waals surface area (Å²) in [5, 5.41) is 2.42. The number of hydrogen-bond donors (Lipinski definition) is 1. The van der Waals surface area contributed by atoms with Crippen molar-refractivity contribution < 1.29 is 31.8 Å². The predicted octanol–water partition coefficient (Wildman–Crippen LogP) is 3.58. The molecule has 0 aliphatic heterocycles. The molecule has 23 heavy (non-hydrogen) atoms. The largest absolute Gasteiger partial charge is 0.481 e. The molecule has 2 aromatic carbocycles. The summed E-state index contributed by atoms with van der Waals surface area (Å²) < 4.78 is 59.1. The lowest BCUT2D eigenvalue weighted by Gasteiger charge is -2.09. The first kappa shape index (κ1) is 16.6. The first-order chi connectivity index (χ1) is 10.9. The number of carbonyl (C=O) groups is 1. The van der Waals surface area contributed by atoms with Crippen molar-refractivity contribution in [3.63, 3.8) is 0 Å². The zero-order valence-corrected chi connectivity index (χ0v) is 11.6. The van der Waals surface area contributed by atoms with Gasteiger partial charge < -0.3 is 14.8 Å². The van der Waals surface area contributed by atoms with Crippen LogP contribution < -0.4 is 14.8 Å². The summed E-state index contributed by atoms with van der Waals surface area (Å²) >= 11 is 0. The number of anilines is 1. The maximum atomic E-state index is 13.3. The van der Waals surface area contributed by atoms with Crippen molar-refractivity contribution in [1.29, 1.82) is 0 Å². The standard InChI is InChI=1S/C15H11F4NO3/c16-9-1-6-13(12(17)7-9)22-8-14(21)20-10-2-4-11(5-3-10)23-15(18)19/h1-7,15H,8H2,(H,20,21). The number of benzene rings is 2. The first-order valence-electron chi connectivity index (χ1n) is 6.36. The summed E-state index contributed by atoms with van der Waals surface area (Å²) in [5.41, 5.74) is 0.319. The summed E-state index contributed by atoms with van der Waals surface area (Å²) in [5.74, 6) is -2.60. The van der Waals surface area contributed by atoms with Crippen molar-refractivity contribution in [2.24, 2.45) is 0 Å². The molecule has 4 nitrogen and oxygen atoms in total. The van der Waals surface area contributed by atoms with E-state index in [9.17, 15) is 22.4 Å². The molecular formula is C15H11F4NO3. The smallest absolute Gasteiger partial charge is 0.387 e. The minimum absolute atomic E-state index is 0.0531. The number of alkyl halides is 2. The highest BCUT2D eigenvalue weighted by Gasteiger charge is 2.09. The summed E-state index contributed by atoms with van der Waals surface area (Å²) in [7, 11) is 0. The second-order valence-electron chi connectivity index (χ2n) is 4.31. The van der Waals surface area contributed by atoms with E-state index in [2.05, 4.69) is 10.1 Å². The van der Waals surface area contributed by atoms with Gasteiger partial charge in [-0.15, -0.1) is 0 Å². The molecule has 0 spiro atoms. The van der Waals surface area contributed by atoms with Gasteiger partial charge in [0.2, 0.25) is 0 Å². The van der Waals surface area contributed by atoms with Gasteiger partial charge in [-0.3, -0.25) is 4.79 Å². The minimum atomic E-state index is -2.94. The van der Waals surface area contributed by atoms with Crippen molar-refractivity contribution in [3.05, 3.63) is 54.1 Å². The van der Waals surface area contributed by atoms with Crippen LogP contribution in [0, 0.1) is 11.6 Å². The molecule has 0 aliphatic carbocycles. The summed E-state index contributed by atoms with van der Waals surface area (Å²) in [6.45, 7) is -3.44.